The second kappa shape index (κ2) is 6.42. The lowest BCUT2D eigenvalue weighted by Crippen LogP contribution is -2.43. The molecule has 2 atom stereocenters. The van der Waals surface area contributed by atoms with Crippen molar-refractivity contribution in [3.05, 3.63) is 29.8 Å². The highest BCUT2D eigenvalue weighted by Gasteiger charge is 2.18. The Bertz CT molecular complexity index is 388. The van der Waals surface area contributed by atoms with Crippen molar-refractivity contribution in [1.29, 1.82) is 0 Å². The fourth-order valence-corrected chi connectivity index (χ4v) is 2.97. The third-order valence-electron chi connectivity index (χ3n) is 4.13. The first-order valence-corrected chi connectivity index (χ1v) is 7.68. The summed E-state index contributed by atoms with van der Waals surface area (Å²) < 4.78 is 0. The second-order valence-electron chi connectivity index (χ2n) is 6.25. The van der Waals surface area contributed by atoms with E-state index in [0.717, 1.165) is 13.1 Å². The number of anilines is 1. The van der Waals surface area contributed by atoms with Crippen LogP contribution in [0.1, 0.15) is 52.0 Å². The molecule has 2 heteroatoms. The molecule has 2 unspecified atom stereocenters. The van der Waals surface area contributed by atoms with Gasteiger partial charge in [-0.3, -0.25) is 0 Å². The molecule has 1 aromatic carbocycles. The van der Waals surface area contributed by atoms with Crippen molar-refractivity contribution in [3.8, 4) is 0 Å². The number of hydrogen-bond acceptors (Lipinski definition) is 2. The average Bonchev–Trinajstić information content (AvgIpc) is 2.36. The fourth-order valence-electron chi connectivity index (χ4n) is 2.97. The molecule has 1 aliphatic rings. The minimum Gasteiger partial charge on any atom is -0.371 e. The monoisotopic (exact) mass is 260 g/mol. The molecule has 1 N–H and O–H groups in total. The van der Waals surface area contributed by atoms with E-state index in [1.165, 1.54) is 24.1 Å². The first-order valence-electron chi connectivity index (χ1n) is 7.68. The lowest BCUT2D eigenvalue weighted by atomic mass is 9.99. The van der Waals surface area contributed by atoms with Gasteiger partial charge in [0.15, 0.2) is 0 Å². The smallest absolute Gasteiger partial charge is 0.0401 e. The molecular weight excluding hydrogens is 232 g/mol. The molecule has 1 aromatic rings. The molecule has 0 bridgehead atoms. The van der Waals surface area contributed by atoms with Gasteiger partial charge in [0, 0.05) is 30.9 Å². The summed E-state index contributed by atoms with van der Waals surface area (Å²) in [4.78, 5) is 2.59. The van der Waals surface area contributed by atoms with E-state index in [1.807, 2.05) is 0 Å². The summed E-state index contributed by atoms with van der Waals surface area (Å²) in [5, 5.41) is 3.66. The predicted molar refractivity (Wildman–Crippen MR) is 84.0 cm³/mol. The molecule has 0 aromatic heterocycles. The molecular formula is C17H28N2. The van der Waals surface area contributed by atoms with Crippen LogP contribution < -0.4 is 10.2 Å². The SMILES string of the molecule is CC1CCN(c2ccccc2C(C)C)CCC(C)N1. The molecule has 1 fully saturated rings. The molecule has 19 heavy (non-hydrogen) atoms. The van der Waals surface area contributed by atoms with E-state index in [-0.39, 0.29) is 0 Å². The maximum Gasteiger partial charge on any atom is 0.0401 e. The molecule has 1 saturated heterocycles. The molecule has 0 amide bonds. The van der Waals surface area contributed by atoms with E-state index in [0.29, 0.717) is 18.0 Å². The van der Waals surface area contributed by atoms with Gasteiger partial charge in [0.1, 0.15) is 0 Å². The third kappa shape index (κ3) is 3.73. The Kier molecular flexibility index (Phi) is 4.87. The highest BCUT2D eigenvalue weighted by atomic mass is 15.1. The van der Waals surface area contributed by atoms with Crippen molar-refractivity contribution in [2.75, 3.05) is 18.0 Å². The molecule has 0 spiro atoms. The van der Waals surface area contributed by atoms with Crippen molar-refractivity contribution in [2.24, 2.45) is 0 Å². The summed E-state index contributed by atoms with van der Waals surface area (Å²) in [6.45, 7) is 11.5. The van der Waals surface area contributed by atoms with Crippen molar-refractivity contribution < 1.29 is 0 Å². The van der Waals surface area contributed by atoms with Gasteiger partial charge in [0.25, 0.3) is 0 Å². The van der Waals surface area contributed by atoms with E-state index < -0.39 is 0 Å². The Balaban J connectivity index is 2.19. The summed E-state index contributed by atoms with van der Waals surface area (Å²) in [6, 6.07) is 10.1. The van der Waals surface area contributed by atoms with Gasteiger partial charge in [-0.15, -0.1) is 0 Å². The molecule has 2 rings (SSSR count). The number of benzene rings is 1. The Labute approximate surface area is 118 Å². The Hall–Kier alpha value is -1.02. The van der Waals surface area contributed by atoms with Gasteiger partial charge in [0.2, 0.25) is 0 Å². The molecule has 0 saturated carbocycles. The van der Waals surface area contributed by atoms with E-state index >= 15 is 0 Å². The van der Waals surface area contributed by atoms with Crippen LogP contribution in [-0.2, 0) is 0 Å². The first kappa shape index (κ1) is 14.4. The first-order chi connectivity index (χ1) is 9.08. The molecule has 106 valence electrons. The quantitative estimate of drug-likeness (QED) is 0.870. The molecule has 2 nitrogen and oxygen atoms in total. The van der Waals surface area contributed by atoms with E-state index in [4.69, 9.17) is 0 Å². The summed E-state index contributed by atoms with van der Waals surface area (Å²) in [5.41, 5.74) is 2.93. The minimum atomic E-state index is 0.592. The van der Waals surface area contributed by atoms with Gasteiger partial charge < -0.3 is 10.2 Å². The zero-order valence-electron chi connectivity index (χ0n) is 12.8. The van der Waals surface area contributed by atoms with Crippen LogP contribution in [0.4, 0.5) is 5.69 Å². The van der Waals surface area contributed by atoms with Crippen LogP contribution in [0, 0.1) is 0 Å². The molecule has 1 heterocycles. The van der Waals surface area contributed by atoms with Gasteiger partial charge >= 0.3 is 0 Å². The molecule has 1 aliphatic heterocycles. The van der Waals surface area contributed by atoms with Gasteiger partial charge in [0.05, 0.1) is 0 Å². The highest BCUT2D eigenvalue weighted by Crippen LogP contribution is 2.28. The van der Waals surface area contributed by atoms with Crippen LogP contribution in [0.5, 0.6) is 0 Å². The predicted octanol–water partition coefficient (Wildman–Crippen LogP) is 3.78. The van der Waals surface area contributed by atoms with Crippen LogP contribution in [0.2, 0.25) is 0 Å². The van der Waals surface area contributed by atoms with Crippen molar-refractivity contribution in [3.63, 3.8) is 0 Å². The Morgan fingerprint density at radius 2 is 1.63 bits per heavy atom. The summed E-state index contributed by atoms with van der Waals surface area (Å²) in [7, 11) is 0. The zero-order chi connectivity index (χ0) is 13.8. The van der Waals surface area contributed by atoms with E-state index in [9.17, 15) is 0 Å². The number of nitrogens with one attached hydrogen (secondary N) is 1. The maximum atomic E-state index is 3.66. The Morgan fingerprint density at radius 1 is 1.05 bits per heavy atom. The van der Waals surface area contributed by atoms with Crippen LogP contribution in [0.25, 0.3) is 0 Å². The van der Waals surface area contributed by atoms with Gasteiger partial charge in [-0.25, -0.2) is 0 Å². The molecule has 0 aliphatic carbocycles. The fraction of sp³-hybridized carbons (Fsp3) is 0.647. The van der Waals surface area contributed by atoms with E-state index in [2.05, 4.69) is 62.2 Å². The lowest BCUT2D eigenvalue weighted by Gasteiger charge is -2.34. The topological polar surface area (TPSA) is 15.3 Å². The standard InChI is InChI=1S/C17H28N2/c1-13(2)16-7-5-6-8-17(16)19-11-9-14(3)18-15(4)10-12-19/h5-8,13-15,18H,9-12H2,1-4H3. The summed E-state index contributed by atoms with van der Waals surface area (Å²) in [6.07, 6.45) is 2.44. The number of hydrogen-bond donors (Lipinski definition) is 1. The molecule has 0 radical (unpaired) electrons. The number of para-hydroxylation sites is 1. The van der Waals surface area contributed by atoms with Crippen LogP contribution in [0.15, 0.2) is 24.3 Å². The van der Waals surface area contributed by atoms with Gasteiger partial charge in [-0.05, 0) is 44.2 Å². The van der Waals surface area contributed by atoms with Gasteiger partial charge in [-0.2, -0.15) is 0 Å². The van der Waals surface area contributed by atoms with Crippen LogP contribution in [-0.4, -0.2) is 25.2 Å². The largest absolute Gasteiger partial charge is 0.371 e. The zero-order valence-corrected chi connectivity index (χ0v) is 12.8. The average molecular weight is 260 g/mol. The van der Waals surface area contributed by atoms with Crippen molar-refractivity contribution >= 4 is 5.69 Å². The van der Waals surface area contributed by atoms with Gasteiger partial charge in [-0.1, -0.05) is 32.0 Å². The van der Waals surface area contributed by atoms with Crippen LogP contribution in [0.3, 0.4) is 0 Å². The number of rotatable bonds is 2. The van der Waals surface area contributed by atoms with Crippen LogP contribution >= 0.6 is 0 Å². The van der Waals surface area contributed by atoms with Crippen molar-refractivity contribution in [2.45, 2.75) is 58.5 Å². The van der Waals surface area contributed by atoms with E-state index in [1.54, 1.807) is 0 Å². The summed E-state index contributed by atoms with van der Waals surface area (Å²) >= 11 is 0. The highest BCUT2D eigenvalue weighted by molar-refractivity contribution is 5.55. The van der Waals surface area contributed by atoms with Crippen molar-refractivity contribution in [1.82, 2.24) is 5.32 Å². The minimum absolute atomic E-state index is 0.592. The normalized spacial score (nSPS) is 25.2. The Morgan fingerprint density at radius 3 is 2.21 bits per heavy atom. The maximum absolute atomic E-state index is 3.66. The third-order valence-corrected chi connectivity index (χ3v) is 4.13. The summed E-state index contributed by atoms with van der Waals surface area (Å²) in [5.74, 6) is 0.592. The lowest BCUT2D eigenvalue weighted by molar-refractivity contribution is 0.404. The number of nitrogens with zero attached hydrogens (tertiary/aromatic N) is 1. The second-order valence-corrected chi connectivity index (χ2v) is 6.25.